The highest BCUT2D eigenvalue weighted by molar-refractivity contribution is 7.14. The fraction of sp³-hybridized carbons (Fsp3) is 0.444. The van der Waals surface area contributed by atoms with Crippen LogP contribution in [0.4, 0.5) is 18.3 Å². The van der Waals surface area contributed by atoms with Crippen molar-refractivity contribution in [3.8, 4) is 17.0 Å². The highest BCUT2D eigenvalue weighted by Crippen LogP contribution is 2.40. The molecule has 1 N–H and O–H groups in total. The fourth-order valence-corrected chi connectivity index (χ4v) is 4.09. The van der Waals surface area contributed by atoms with Gasteiger partial charge in [0.15, 0.2) is 5.13 Å². The molecule has 146 valence electrons. The zero-order chi connectivity index (χ0) is 19.6. The number of anilines is 1. The largest absolute Gasteiger partial charge is 0.507 e. The predicted octanol–water partition coefficient (Wildman–Crippen LogP) is 4.23. The van der Waals surface area contributed by atoms with Crippen molar-refractivity contribution < 1.29 is 27.8 Å². The van der Waals surface area contributed by atoms with E-state index < -0.39 is 24.1 Å². The summed E-state index contributed by atoms with van der Waals surface area (Å²) in [7, 11) is 0. The summed E-state index contributed by atoms with van der Waals surface area (Å²) in [6.07, 6.45) is -4.57. The quantitative estimate of drug-likeness (QED) is 0.779. The van der Waals surface area contributed by atoms with Gasteiger partial charge in [0.25, 0.3) is 0 Å². The summed E-state index contributed by atoms with van der Waals surface area (Å²) < 4.78 is 45.8. The predicted molar refractivity (Wildman–Crippen MR) is 95.8 cm³/mol. The molecule has 2 unspecified atom stereocenters. The van der Waals surface area contributed by atoms with Gasteiger partial charge in [-0.05, 0) is 31.9 Å². The number of ether oxygens (including phenoxy) is 1. The van der Waals surface area contributed by atoms with Gasteiger partial charge in [-0.1, -0.05) is 12.1 Å². The molecule has 9 heteroatoms. The number of thiazole rings is 1. The van der Waals surface area contributed by atoms with Gasteiger partial charge in [0, 0.05) is 17.5 Å². The molecule has 1 aromatic heterocycles. The zero-order valence-electron chi connectivity index (χ0n) is 14.6. The number of carbonyl (C=O) groups excluding carboxylic acids is 1. The smallest absolute Gasteiger partial charge is 0.408 e. The second-order valence-electron chi connectivity index (χ2n) is 6.26. The highest BCUT2D eigenvalue weighted by atomic mass is 32.1. The Balaban J connectivity index is 1.85. The summed E-state index contributed by atoms with van der Waals surface area (Å²) in [4.78, 5) is 17.4. The Morgan fingerprint density at radius 3 is 2.81 bits per heavy atom. The van der Waals surface area contributed by atoms with Crippen molar-refractivity contribution in [3.05, 3.63) is 29.6 Å². The SMILES string of the molecule is CCOC(=O)C1CCN(c2nc(-c3ccccc3O)cs2)C(C(F)(F)F)C1. The number of carbonyl (C=O) groups is 1. The van der Waals surface area contributed by atoms with Gasteiger partial charge in [-0.15, -0.1) is 11.3 Å². The molecule has 0 saturated carbocycles. The highest BCUT2D eigenvalue weighted by Gasteiger charge is 2.49. The molecule has 0 aliphatic carbocycles. The van der Waals surface area contributed by atoms with Crippen molar-refractivity contribution in [1.29, 1.82) is 0 Å². The Hall–Kier alpha value is -2.29. The van der Waals surface area contributed by atoms with Crippen LogP contribution in [-0.4, -0.2) is 41.4 Å². The zero-order valence-corrected chi connectivity index (χ0v) is 15.4. The minimum Gasteiger partial charge on any atom is -0.507 e. The van der Waals surface area contributed by atoms with E-state index in [-0.39, 0.29) is 36.9 Å². The molecule has 0 amide bonds. The van der Waals surface area contributed by atoms with E-state index in [1.807, 2.05) is 0 Å². The fourth-order valence-electron chi connectivity index (χ4n) is 3.19. The molecule has 27 heavy (non-hydrogen) atoms. The number of hydrogen-bond donors (Lipinski definition) is 1. The third kappa shape index (κ3) is 4.18. The molecule has 2 heterocycles. The lowest BCUT2D eigenvalue weighted by atomic mass is 9.91. The van der Waals surface area contributed by atoms with E-state index in [9.17, 15) is 23.1 Å². The Kier molecular flexibility index (Phi) is 5.59. The maximum absolute atomic E-state index is 13.6. The van der Waals surface area contributed by atoms with Gasteiger partial charge in [-0.3, -0.25) is 4.79 Å². The first kappa shape index (κ1) is 19.5. The van der Waals surface area contributed by atoms with Crippen molar-refractivity contribution in [2.75, 3.05) is 18.1 Å². The van der Waals surface area contributed by atoms with Crippen LogP contribution in [0.2, 0.25) is 0 Å². The summed E-state index contributed by atoms with van der Waals surface area (Å²) in [5.41, 5.74) is 0.881. The molecule has 5 nitrogen and oxygen atoms in total. The molecule has 2 atom stereocenters. The normalized spacial score (nSPS) is 20.5. The Morgan fingerprint density at radius 1 is 1.41 bits per heavy atom. The number of benzene rings is 1. The van der Waals surface area contributed by atoms with Gasteiger partial charge in [-0.2, -0.15) is 13.2 Å². The van der Waals surface area contributed by atoms with Crippen LogP contribution in [0.1, 0.15) is 19.8 Å². The van der Waals surface area contributed by atoms with Crippen molar-refractivity contribution in [2.24, 2.45) is 5.92 Å². The number of hydrogen-bond acceptors (Lipinski definition) is 6. The van der Waals surface area contributed by atoms with Crippen LogP contribution in [0.15, 0.2) is 29.6 Å². The molecule has 1 aliphatic heterocycles. The number of halogens is 3. The molecule has 0 bridgehead atoms. The second kappa shape index (κ2) is 7.75. The average molecular weight is 400 g/mol. The lowest BCUT2D eigenvalue weighted by Gasteiger charge is -2.39. The molecular weight excluding hydrogens is 381 g/mol. The van der Waals surface area contributed by atoms with E-state index in [4.69, 9.17) is 4.74 Å². The van der Waals surface area contributed by atoms with E-state index in [0.29, 0.717) is 11.3 Å². The third-order valence-corrected chi connectivity index (χ3v) is 5.40. The van der Waals surface area contributed by atoms with E-state index in [1.54, 1.807) is 30.5 Å². The third-order valence-electron chi connectivity index (χ3n) is 4.52. The summed E-state index contributed by atoms with van der Waals surface area (Å²) in [6.45, 7) is 1.83. The van der Waals surface area contributed by atoms with Crippen LogP contribution in [-0.2, 0) is 9.53 Å². The average Bonchev–Trinajstić information content (AvgIpc) is 3.11. The number of phenols is 1. The number of rotatable bonds is 4. The van der Waals surface area contributed by atoms with Crippen molar-refractivity contribution in [2.45, 2.75) is 32.0 Å². The topological polar surface area (TPSA) is 62.7 Å². The summed E-state index contributed by atoms with van der Waals surface area (Å²) in [6, 6.07) is 4.73. The van der Waals surface area contributed by atoms with E-state index in [1.165, 1.54) is 11.0 Å². The first-order chi connectivity index (χ1) is 12.8. The first-order valence-electron chi connectivity index (χ1n) is 8.55. The lowest BCUT2D eigenvalue weighted by molar-refractivity contribution is -0.164. The monoisotopic (exact) mass is 400 g/mol. The number of para-hydroxylation sites is 1. The molecule has 0 radical (unpaired) electrons. The Labute approximate surface area is 158 Å². The standard InChI is InChI=1S/C18H19F3N2O3S/c1-2-26-16(25)11-7-8-23(15(9-11)18(19,20)21)17-22-13(10-27-17)12-5-3-4-6-14(12)24/h3-6,10-11,15,24H,2,7-9H2,1H3. The summed E-state index contributed by atoms with van der Waals surface area (Å²) >= 11 is 1.09. The van der Waals surface area contributed by atoms with Crippen LogP contribution >= 0.6 is 11.3 Å². The number of alkyl halides is 3. The molecule has 1 aliphatic rings. The number of esters is 1. The van der Waals surface area contributed by atoms with Crippen molar-refractivity contribution in [1.82, 2.24) is 4.98 Å². The lowest BCUT2D eigenvalue weighted by Crippen LogP contribution is -2.52. The molecule has 2 aromatic rings. The van der Waals surface area contributed by atoms with Gasteiger partial charge in [0.05, 0.1) is 18.2 Å². The number of aromatic hydroxyl groups is 1. The van der Waals surface area contributed by atoms with Gasteiger partial charge in [0.1, 0.15) is 11.8 Å². The van der Waals surface area contributed by atoms with Gasteiger partial charge >= 0.3 is 12.1 Å². The maximum Gasteiger partial charge on any atom is 0.408 e. The van der Waals surface area contributed by atoms with E-state index in [2.05, 4.69) is 4.98 Å². The van der Waals surface area contributed by atoms with Gasteiger partial charge in [-0.25, -0.2) is 4.98 Å². The summed E-state index contributed by atoms with van der Waals surface area (Å²) in [5, 5.41) is 11.8. The minimum atomic E-state index is -4.49. The molecule has 1 fully saturated rings. The van der Waals surface area contributed by atoms with Gasteiger partial charge < -0.3 is 14.7 Å². The first-order valence-corrected chi connectivity index (χ1v) is 9.43. The van der Waals surface area contributed by atoms with Crippen LogP contribution in [0, 0.1) is 5.92 Å². The summed E-state index contributed by atoms with van der Waals surface area (Å²) in [5.74, 6) is -1.34. The molecular formula is C18H19F3N2O3S. The number of aromatic nitrogens is 1. The number of nitrogens with zero attached hydrogens (tertiary/aromatic N) is 2. The molecule has 0 spiro atoms. The molecule has 1 aromatic carbocycles. The van der Waals surface area contributed by atoms with Gasteiger partial charge in [0.2, 0.25) is 0 Å². The minimum absolute atomic E-state index is 0.0164. The Morgan fingerprint density at radius 2 is 2.15 bits per heavy atom. The van der Waals surface area contributed by atoms with Crippen LogP contribution < -0.4 is 4.90 Å². The van der Waals surface area contributed by atoms with Crippen molar-refractivity contribution in [3.63, 3.8) is 0 Å². The maximum atomic E-state index is 13.6. The van der Waals surface area contributed by atoms with Crippen LogP contribution in [0.5, 0.6) is 5.75 Å². The van der Waals surface area contributed by atoms with Crippen LogP contribution in [0.3, 0.4) is 0 Å². The molecule has 1 saturated heterocycles. The second-order valence-corrected chi connectivity index (χ2v) is 7.09. The van der Waals surface area contributed by atoms with E-state index >= 15 is 0 Å². The number of piperidine rings is 1. The Bertz CT molecular complexity index is 809. The number of phenolic OH excluding ortho intramolecular Hbond substituents is 1. The van der Waals surface area contributed by atoms with E-state index in [0.717, 1.165) is 11.3 Å². The molecule has 3 rings (SSSR count). The van der Waals surface area contributed by atoms with Crippen molar-refractivity contribution >= 4 is 22.4 Å². The van der Waals surface area contributed by atoms with Crippen LogP contribution in [0.25, 0.3) is 11.3 Å².